The summed E-state index contributed by atoms with van der Waals surface area (Å²) in [6.07, 6.45) is 4.41. The molecule has 1 aliphatic heterocycles. The molecule has 1 aliphatic rings. The van der Waals surface area contributed by atoms with Gasteiger partial charge in [-0.2, -0.15) is 0 Å². The molecule has 1 amide bonds. The molecule has 122 valence electrons. The van der Waals surface area contributed by atoms with Gasteiger partial charge in [-0.1, -0.05) is 0 Å². The summed E-state index contributed by atoms with van der Waals surface area (Å²) in [6, 6.07) is 4.23. The lowest BCUT2D eigenvalue weighted by Gasteiger charge is -2.39. The van der Waals surface area contributed by atoms with Gasteiger partial charge in [0.05, 0.1) is 17.2 Å². The van der Waals surface area contributed by atoms with E-state index in [9.17, 15) is 14.0 Å². The van der Waals surface area contributed by atoms with E-state index in [0.717, 1.165) is 19.3 Å². The average Bonchev–Trinajstić information content (AvgIpc) is 2.50. The summed E-state index contributed by atoms with van der Waals surface area (Å²) in [5.41, 5.74) is -0.0147. The van der Waals surface area contributed by atoms with Gasteiger partial charge in [0, 0.05) is 18.2 Å². The van der Waals surface area contributed by atoms with E-state index >= 15 is 0 Å². The number of carbonyl (C=O) groups excluding carboxylic acids is 1. The molecule has 1 fully saturated rings. The van der Waals surface area contributed by atoms with Crippen LogP contribution in [0.4, 0.5) is 4.39 Å². The zero-order valence-corrected chi connectivity index (χ0v) is 13.3. The van der Waals surface area contributed by atoms with E-state index in [4.69, 9.17) is 0 Å². The van der Waals surface area contributed by atoms with Gasteiger partial charge in [-0.25, -0.2) is 9.37 Å². The van der Waals surface area contributed by atoms with Crippen LogP contribution in [0.25, 0.3) is 10.9 Å². The highest BCUT2D eigenvalue weighted by molar-refractivity contribution is 5.79. The van der Waals surface area contributed by atoms with E-state index in [-0.39, 0.29) is 30.1 Å². The predicted octanol–water partition coefficient (Wildman–Crippen LogP) is 2.33. The number of hydrogen-bond acceptors (Lipinski definition) is 3. The normalized spacial score (nSPS) is 21.6. The van der Waals surface area contributed by atoms with Crippen LogP contribution in [0.2, 0.25) is 0 Å². The fraction of sp³-hybridized carbons (Fsp3) is 0.471. The maximum Gasteiger partial charge on any atom is 0.261 e. The summed E-state index contributed by atoms with van der Waals surface area (Å²) in [4.78, 5) is 31.0. The summed E-state index contributed by atoms with van der Waals surface area (Å²) in [5, 5.41) is 0.321. The number of piperidine rings is 1. The Hall–Kier alpha value is -2.24. The third-order valence-electron chi connectivity index (χ3n) is 4.57. The number of benzene rings is 1. The van der Waals surface area contributed by atoms with Crippen molar-refractivity contribution in [1.29, 1.82) is 0 Å². The van der Waals surface area contributed by atoms with Gasteiger partial charge < -0.3 is 4.90 Å². The molecule has 2 heterocycles. The lowest BCUT2D eigenvalue weighted by Crippen LogP contribution is -2.49. The quantitative estimate of drug-likeness (QED) is 0.854. The van der Waals surface area contributed by atoms with Gasteiger partial charge in [0.15, 0.2) is 0 Å². The van der Waals surface area contributed by atoms with Crippen LogP contribution in [0, 0.1) is 5.82 Å². The SMILES string of the molecule is CC1CCCC(C)N1C(=O)Cn1cnc2cc(F)ccc2c1=O. The molecule has 23 heavy (non-hydrogen) atoms. The van der Waals surface area contributed by atoms with Crippen molar-refractivity contribution < 1.29 is 9.18 Å². The first-order valence-electron chi connectivity index (χ1n) is 7.93. The summed E-state index contributed by atoms with van der Waals surface area (Å²) < 4.78 is 14.5. The summed E-state index contributed by atoms with van der Waals surface area (Å²) in [6.45, 7) is 4.04. The molecule has 1 saturated heterocycles. The van der Waals surface area contributed by atoms with Crippen molar-refractivity contribution in [3.8, 4) is 0 Å². The topological polar surface area (TPSA) is 55.2 Å². The minimum Gasteiger partial charge on any atom is -0.336 e. The van der Waals surface area contributed by atoms with E-state index in [1.54, 1.807) is 0 Å². The Bertz CT molecular complexity index is 792. The van der Waals surface area contributed by atoms with Crippen molar-refractivity contribution in [1.82, 2.24) is 14.5 Å². The highest BCUT2D eigenvalue weighted by Crippen LogP contribution is 2.22. The molecular weight excluding hydrogens is 297 g/mol. The van der Waals surface area contributed by atoms with Crippen LogP contribution in [0.1, 0.15) is 33.1 Å². The number of amides is 1. The molecule has 0 spiro atoms. The van der Waals surface area contributed by atoms with Crippen LogP contribution in [-0.4, -0.2) is 32.4 Å². The third-order valence-corrected chi connectivity index (χ3v) is 4.57. The largest absolute Gasteiger partial charge is 0.336 e. The Morgan fingerprint density at radius 3 is 2.70 bits per heavy atom. The molecule has 0 N–H and O–H groups in total. The van der Waals surface area contributed by atoms with Crippen LogP contribution < -0.4 is 5.56 Å². The van der Waals surface area contributed by atoms with Crippen LogP contribution >= 0.6 is 0 Å². The van der Waals surface area contributed by atoms with Gasteiger partial charge in [0.2, 0.25) is 5.91 Å². The van der Waals surface area contributed by atoms with Crippen molar-refractivity contribution in [3.63, 3.8) is 0 Å². The number of halogens is 1. The molecule has 5 nitrogen and oxygen atoms in total. The molecular formula is C17H20FN3O2. The zero-order chi connectivity index (χ0) is 16.6. The Balaban J connectivity index is 1.89. The Morgan fingerprint density at radius 2 is 2.00 bits per heavy atom. The Kier molecular flexibility index (Phi) is 4.15. The molecule has 6 heteroatoms. The summed E-state index contributed by atoms with van der Waals surface area (Å²) >= 11 is 0. The maximum absolute atomic E-state index is 13.2. The van der Waals surface area contributed by atoms with Crippen molar-refractivity contribution in [2.45, 2.75) is 51.7 Å². The number of hydrogen-bond donors (Lipinski definition) is 0. The smallest absolute Gasteiger partial charge is 0.261 e. The molecule has 0 radical (unpaired) electrons. The lowest BCUT2D eigenvalue weighted by molar-refractivity contribution is -0.138. The number of fused-ring (bicyclic) bond motifs is 1. The summed E-state index contributed by atoms with van der Waals surface area (Å²) in [7, 11) is 0. The maximum atomic E-state index is 13.2. The number of carbonyl (C=O) groups is 1. The van der Waals surface area contributed by atoms with Crippen LogP contribution in [-0.2, 0) is 11.3 Å². The second-order valence-corrected chi connectivity index (χ2v) is 6.27. The Labute approximate surface area is 133 Å². The first-order chi connectivity index (χ1) is 11.0. The first-order valence-corrected chi connectivity index (χ1v) is 7.93. The molecule has 0 aliphatic carbocycles. The van der Waals surface area contributed by atoms with Gasteiger partial charge in [-0.3, -0.25) is 14.2 Å². The molecule has 2 atom stereocenters. The highest BCUT2D eigenvalue weighted by atomic mass is 19.1. The van der Waals surface area contributed by atoms with Gasteiger partial charge >= 0.3 is 0 Å². The van der Waals surface area contributed by atoms with E-state index in [1.807, 2.05) is 18.7 Å². The van der Waals surface area contributed by atoms with E-state index in [1.165, 1.54) is 29.1 Å². The fourth-order valence-electron chi connectivity index (χ4n) is 3.38. The average molecular weight is 317 g/mol. The molecule has 0 saturated carbocycles. The van der Waals surface area contributed by atoms with Crippen LogP contribution in [0.15, 0.2) is 29.3 Å². The van der Waals surface area contributed by atoms with Crippen molar-refractivity contribution in [3.05, 3.63) is 40.7 Å². The lowest BCUT2D eigenvalue weighted by atomic mass is 9.97. The molecule has 1 aromatic carbocycles. The van der Waals surface area contributed by atoms with E-state index < -0.39 is 5.82 Å². The molecule has 0 bridgehead atoms. The zero-order valence-electron chi connectivity index (χ0n) is 13.3. The Morgan fingerprint density at radius 1 is 1.30 bits per heavy atom. The highest BCUT2D eigenvalue weighted by Gasteiger charge is 2.29. The number of aromatic nitrogens is 2. The minimum absolute atomic E-state index is 0.0339. The van der Waals surface area contributed by atoms with Gasteiger partial charge in [-0.05, 0) is 45.2 Å². The van der Waals surface area contributed by atoms with Crippen molar-refractivity contribution in [2.75, 3.05) is 0 Å². The molecule has 2 aromatic rings. The number of nitrogens with zero attached hydrogens (tertiary/aromatic N) is 3. The second kappa shape index (κ2) is 6.10. The van der Waals surface area contributed by atoms with E-state index in [0.29, 0.717) is 10.9 Å². The first kappa shape index (κ1) is 15.6. The van der Waals surface area contributed by atoms with Crippen LogP contribution in [0.5, 0.6) is 0 Å². The van der Waals surface area contributed by atoms with Crippen LogP contribution in [0.3, 0.4) is 0 Å². The third kappa shape index (κ3) is 2.98. The monoisotopic (exact) mass is 317 g/mol. The number of rotatable bonds is 2. The number of likely N-dealkylation sites (tertiary alicyclic amines) is 1. The van der Waals surface area contributed by atoms with Gasteiger partial charge in [0.25, 0.3) is 5.56 Å². The minimum atomic E-state index is -0.436. The molecule has 1 aromatic heterocycles. The molecule has 3 rings (SSSR count). The van der Waals surface area contributed by atoms with Crippen molar-refractivity contribution in [2.24, 2.45) is 0 Å². The molecule has 2 unspecified atom stereocenters. The van der Waals surface area contributed by atoms with Gasteiger partial charge in [-0.15, -0.1) is 0 Å². The fourth-order valence-corrected chi connectivity index (χ4v) is 3.38. The predicted molar refractivity (Wildman–Crippen MR) is 85.6 cm³/mol. The van der Waals surface area contributed by atoms with E-state index in [2.05, 4.69) is 4.98 Å². The second-order valence-electron chi connectivity index (χ2n) is 6.27. The summed E-state index contributed by atoms with van der Waals surface area (Å²) in [5.74, 6) is -0.510. The van der Waals surface area contributed by atoms with Gasteiger partial charge in [0.1, 0.15) is 12.4 Å². The standard InChI is InChI=1S/C17H20FN3O2/c1-11-4-3-5-12(2)21(11)16(22)9-20-10-19-15-8-13(18)6-7-14(15)17(20)23/h6-8,10-12H,3-5,9H2,1-2H3. The van der Waals surface area contributed by atoms with Crippen molar-refractivity contribution >= 4 is 16.8 Å².